The lowest BCUT2D eigenvalue weighted by Gasteiger charge is -2.38. The summed E-state index contributed by atoms with van der Waals surface area (Å²) in [6.07, 6.45) is 2.72. The number of hydrogen-bond donors (Lipinski definition) is 0. The third kappa shape index (κ3) is 5.04. The molecule has 4 rings (SSSR count). The highest BCUT2D eigenvalue weighted by Crippen LogP contribution is 2.41. The van der Waals surface area contributed by atoms with E-state index in [1.165, 1.54) is 0 Å². The van der Waals surface area contributed by atoms with Gasteiger partial charge in [0.1, 0.15) is 5.75 Å². The van der Waals surface area contributed by atoms with E-state index in [4.69, 9.17) is 14.5 Å². The Morgan fingerprint density at radius 3 is 2.51 bits per heavy atom. The molecule has 186 valence electrons. The van der Waals surface area contributed by atoms with Crippen molar-refractivity contribution in [3.05, 3.63) is 54.1 Å². The summed E-state index contributed by atoms with van der Waals surface area (Å²) in [5, 5.41) is 0. The maximum absolute atomic E-state index is 13.8. The van der Waals surface area contributed by atoms with Gasteiger partial charge in [-0.2, -0.15) is 0 Å². The topological polar surface area (TPSA) is 73.7 Å². The number of imidazole rings is 1. The molecule has 7 nitrogen and oxygen atoms in total. The maximum Gasteiger partial charge on any atom is 0.321 e. The standard InChI is InChI=1S/C28H35N3O4/c1-5-7-17-30-26(32)24(27(33)34-6-2)25(31-23-11-9-8-10-22(23)29-28(30)31)20-12-14-21(15-13-20)35-18-16-19(3)4/h8-15,19,24-25H,5-7,16-18H2,1-4H3/t24-,25-/m0/s1. The first-order valence-corrected chi connectivity index (χ1v) is 12.6. The number of esters is 1. The van der Waals surface area contributed by atoms with Crippen molar-refractivity contribution in [3.8, 4) is 5.75 Å². The van der Waals surface area contributed by atoms with Crippen LogP contribution in [-0.2, 0) is 14.3 Å². The minimum absolute atomic E-state index is 0.213. The van der Waals surface area contributed by atoms with Gasteiger partial charge >= 0.3 is 5.97 Å². The Hall–Kier alpha value is -3.35. The van der Waals surface area contributed by atoms with Crippen LogP contribution >= 0.6 is 0 Å². The second kappa shape index (κ2) is 10.9. The third-order valence-corrected chi connectivity index (χ3v) is 6.41. The van der Waals surface area contributed by atoms with Crippen molar-refractivity contribution in [1.82, 2.24) is 9.55 Å². The lowest BCUT2D eigenvalue weighted by atomic mass is 9.89. The molecule has 2 aromatic carbocycles. The van der Waals surface area contributed by atoms with Gasteiger partial charge in [0.25, 0.3) is 0 Å². The van der Waals surface area contributed by atoms with Crippen LogP contribution in [0.5, 0.6) is 5.75 Å². The van der Waals surface area contributed by atoms with Gasteiger partial charge in [-0.15, -0.1) is 0 Å². The zero-order valence-corrected chi connectivity index (χ0v) is 21.1. The number of ether oxygens (including phenoxy) is 2. The van der Waals surface area contributed by atoms with Crippen molar-refractivity contribution in [3.63, 3.8) is 0 Å². The van der Waals surface area contributed by atoms with Crippen molar-refractivity contribution < 1.29 is 19.1 Å². The van der Waals surface area contributed by atoms with Crippen LogP contribution in [-0.4, -0.2) is 41.2 Å². The van der Waals surface area contributed by atoms with E-state index in [9.17, 15) is 9.59 Å². The first-order valence-electron chi connectivity index (χ1n) is 12.6. The van der Waals surface area contributed by atoms with E-state index >= 15 is 0 Å². The molecule has 35 heavy (non-hydrogen) atoms. The van der Waals surface area contributed by atoms with Gasteiger partial charge in [-0.05, 0) is 55.5 Å². The second-order valence-electron chi connectivity index (χ2n) is 9.39. The Balaban J connectivity index is 1.81. The Bertz CT molecular complexity index is 1170. The summed E-state index contributed by atoms with van der Waals surface area (Å²) in [7, 11) is 0. The predicted molar refractivity (Wildman–Crippen MR) is 137 cm³/mol. The van der Waals surface area contributed by atoms with E-state index in [0.29, 0.717) is 25.0 Å². The number of fused-ring (bicyclic) bond motifs is 3. The predicted octanol–water partition coefficient (Wildman–Crippen LogP) is 5.38. The number of nitrogens with zero attached hydrogens (tertiary/aromatic N) is 3. The molecule has 2 heterocycles. The quantitative estimate of drug-likeness (QED) is 0.290. The Labute approximate surface area is 207 Å². The number of carbonyl (C=O) groups is 2. The molecular formula is C28H35N3O4. The number of hydrogen-bond acceptors (Lipinski definition) is 5. The maximum atomic E-state index is 13.8. The minimum atomic E-state index is -0.996. The largest absolute Gasteiger partial charge is 0.494 e. The third-order valence-electron chi connectivity index (χ3n) is 6.41. The van der Waals surface area contributed by atoms with Crippen LogP contribution < -0.4 is 9.64 Å². The Morgan fingerprint density at radius 2 is 1.83 bits per heavy atom. The van der Waals surface area contributed by atoms with E-state index in [0.717, 1.165) is 41.6 Å². The first kappa shape index (κ1) is 24.8. The van der Waals surface area contributed by atoms with Gasteiger partial charge in [-0.25, -0.2) is 4.98 Å². The summed E-state index contributed by atoms with van der Waals surface area (Å²) in [5.74, 6) is 0.143. The highest BCUT2D eigenvalue weighted by Gasteiger charge is 2.47. The summed E-state index contributed by atoms with van der Waals surface area (Å²) < 4.78 is 13.3. The van der Waals surface area contributed by atoms with E-state index < -0.39 is 17.9 Å². The molecule has 1 aliphatic rings. The van der Waals surface area contributed by atoms with Gasteiger partial charge in [-0.3, -0.25) is 14.5 Å². The molecule has 1 aliphatic heterocycles. The lowest BCUT2D eigenvalue weighted by molar-refractivity contribution is -0.153. The first-order chi connectivity index (χ1) is 17.0. The summed E-state index contributed by atoms with van der Waals surface area (Å²) in [4.78, 5) is 33.5. The van der Waals surface area contributed by atoms with Crippen molar-refractivity contribution >= 4 is 28.9 Å². The number of rotatable bonds is 10. The number of benzene rings is 2. The SMILES string of the molecule is CCCCN1C(=O)[C@@H](C(=O)OCC)[C@H](c2ccc(OCCC(C)C)cc2)n2c1nc1ccccc12. The van der Waals surface area contributed by atoms with Gasteiger partial charge in [0.05, 0.1) is 30.3 Å². The van der Waals surface area contributed by atoms with Crippen LogP contribution in [0.25, 0.3) is 11.0 Å². The highest BCUT2D eigenvalue weighted by molar-refractivity contribution is 6.08. The molecule has 0 aliphatic carbocycles. The molecule has 0 fully saturated rings. The van der Waals surface area contributed by atoms with Crippen LogP contribution in [0, 0.1) is 11.8 Å². The fraction of sp³-hybridized carbons (Fsp3) is 0.464. The number of para-hydroxylation sites is 2. The molecule has 0 radical (unpaired) electrons. The van der Waals surface area contributed by atoms with Crippen LogP contribution in [0.3, 0.4) is 0 Å². The molecule has 0 saturated heterocycles. The zero-order chi connectivity index (χ0) is 24.9. The van der Waals surface area contributed by atoms with Crippen molar-refractivity contribution in [2.24, 2.45) is 11.8 Å². The number of unbranched alkanes of at least 4 members (excludes halogenated alkanes) is 1. The fourth-order valence-electron chi connectivity index (χ4n) is 4.55. The van der Waals surface area contributed by atoms with Crippen molar-refractivity contribution in [1.29, 1.82) is 0 Å². The monoisotopic (exact) mass is 477 g/mol. The molecule has 0 unspecified atom stereocenters. The minimum Gasteiger partial charge on any atom is -0.494 e. The van der Waals surface area contributed by atoms with E-state index in [1.54, 1.807) is 11.8 Å². The number of aromatic nitrogens is 2. The van der Waals surface area contributed by atoms with Gasteiger partial charge in [0.15, 0.2) is 5.92 Å². The lowest BCUT2D eigenvalue weighted by Crippen LogP contribution is -2.50. The van der Waals surface area contributed by atoms with Crippen molar-refractivity contribution in [2.45, 2.75) is 53.0 Å². The van der Waals surface area contributed by atoms with Gasteiger partial charge in [-0.1, -0.05) is 51.5 Å². The molecule has 1 aromatic heterocycles. The molecule has 0 saturated carbocycles. The number of carbonyl (C=O) groups excluding carboxylic acids is 2. The zero-order valence-electron chi connectivity index (χ0n) is 21.1. The number of anilines is 1. The number of amides is 1. The molecule has 1 amide bonds. The smallest absolute Gasteiger partial charge is 0.321 e. The van der Waals surface area contributed by atoms with Crippen LogP contribution in [0.4, 0.5) is 5.95 Å². The van der Waals surface area contributed by atoms with Gasteiger partial charge in [0.2, 0.25) is 11.9 Å². The van der Waals surface area contributed by atoms with E-state index in [2.05, 4.69) is 20.8 Å². The summed E-state index contributed by atoms with van der Waals surface area (Å²) in [6.45, 7) is 9.53. The Kier molecular flexibility index (Phi) is 7.73. The average molecular weight is 478 g/mol. The van der Waals surface area contributed by atoms with E-state index in [-0.39, 0.29) is 12.5 Å². The molecule has 0 N–H and O–H groups in total. The molecule has 0 bridgehead atoms. The Morgan fingerprint density at radius 1 is 1.09 bits per heavy atom. The van der Waals surface area contributed by atoms with Gasteiger partial charge in [0, 0.05) is 6.54 Å². The summed E-state index contributed by atoms with van der Waals surface area (Å²) >= 11 is 0. The van der Waals surface area contributed by atoms with Crippen LogP contribution in [0.15, 0.2) is 48.5 Å². The highest BCUT2D eigenvalue weighted by atomic mass is 16.5. The van der Waals surface area contributed by atoms with Crippen LogP contribution in [0.2, 0.25) is 0 Å². The van der Waals surface area contributed by atoms with Crippen molar-refractivity contribution in [2.75, 3.05) is 24.7 Å². The normalized spacial score (nSPS) is 17.6. The van der Waals surface area contributed by atoms with E-state index in [1.807, 2.05) is 53.1 Å². The molecular weight excluding hydrogens is 442 g/mol. The fourth-order valence-corrected chi connectivity index (χ4v) is 4.55. The summed E-state index contributed by atoms with van der Waals surface area (Å²) in [5.41, 5.74) is 2.51. The van der Waals surface area contributed by atoms with Gasteiger partial charge < -0.3 is 14.0 Å². The molecule has 7 heteroatoms. The molecule has 2 atom stereocenters. The summed E-state index contributed by atoms with van der Waals surface area (Å²) in [6, 6.07) is 14.9. The van der Waals surface area contributed by atoms with Crippen LogP contribution in [0.1, 0.15) is 58.6 Å². The average Bonchev–Trinajstić information content (AvgIpc) is 3.22. The molecule has 3 aromatic rings. The molecule has 0 spiro atoms. The second-order valence-corrected chi connectivity index (χ2v) is 9.39.